The van der Waals surface area contributed by atoms with Gasteiger partial charge in [0.25, 0.3) is 5.91 Å². The summed E-state index contributed by atoms with van der Waals surface area (Å²) in [6.45, 7) is 3.60. The highest BCUT2D eigenvalue weighted by molar-refractivity contribution is 6.10. The van der Waals surface area contributed by atoms with E-state index < -0.39 is 0 Å². The quantitative estimate of drug-likeness (QED) is 0.697. The zero-order valence-corrected chi connectivity index (χ0v) is 10.4. The van der Waals surface area contributed by atoms with Gasteiger partial charge in [-0.15, -0.1) is 0 Å². The van der Waals surface area contributed by atoms with Crippen LogP contribution in [0.3, 0.4) is 0 Å². The minimum Gasteiger partial charge on any atom is -0.276 e. The van der Waals surface area contributed by atoms with Gasteiger partial charge >= 0.3 is 0 Å². The van der Waals surface area contributed by atoms with Crippen molar-refractivity contribution in [1.29, 1.82) is 0 Å². The van der Waals surface area contributed by atoms with E-state index in [9.17, 15) is 4.79 Å². The molecule has 2 aromatic carbocycles. The Morgan fingerprint density at radius 3 is 1.84 bits per heavy atom. The number of carbonyl (C=O) groups excluding carboxylic acids is 1. The van der Waals surface area contributed by atoms with Crippen molar-refractivity contribution >= 4 is 29.4 Å². The van der Waals surface area contributed by atoms with Crippen LogP contribution in [0, 0.1) is 0 Å². The van der Waals surface area contributed by atoms with Crippen LogP contribution in [-0.2, 0) is 4.79 Å². The molecule has 2 aromatic rings. The molecule has 2 nitrogen and oxygen atoms in total. The fourth-order valence-electron chi connectivity index (χ4n) is 2.30. The minimum atomic E-state index is -0.122. The molecule has 0 N–H and O–H groups in total. The van der Waals surface area contributed by atoms with Crippen LogP contribution in [0.1, 0.15) is 11.1 Å². The summed E-state index contributed by atoms with van der Waals surface area (Å²) in [7, 11) is 0. The van der Waals surface area contributed by atoms with Gasteiger partial charge in [-0.3, -0.25) is 9.69 Å². The number of carbonyl (C=O) groups is 1. The molecule has 92 valence electrons. The third kappa shape index (κ3) is 1.87. The van der Waals surface area contributed by atoms with Gasteiger partial charge in [-0.1, -0.05) is 55.1 Å². The summed E-state index contributed by atoms with van der Waals surface area (Å²) >= 11 is 0. The van der Waals surface area contributed by atoms with Crippen molar-refractivity contribution in [1.82, 2.24) is 0 Å². The van der Waals surface area contributed by atoms with Gasteiger partial charge in [0.1, 0.15) is 0 Å². The first-order chi connectivity index (χ1) is 9.31. The Hall–Kier alpha value is -2.61. The third-order valence-electron chi connectivity index (χ3n) is 3.19. The summed E-state index contributed by atoms with van der Waals surface area (Å²) < 4.78 is 0. The molecule has 0 aromatic heterocycles. The summed E-state index contributed by atoms with van der Waals surface area (Å²) in [5.74, 6) is -0.122. The van der Waals surface area contributed by atoms with Gasteiger partial charge in [-0.2, -0.15) is 0 Å². The largest absolute Gasteiger partial charge is 0.276 e. The number of amides is 1. The van der Waals surface area contributed by atoms with Crippen LogP contribution in [0.2, 0.25) is 0 Å². The van der Waals surface area contributed by atoms with E-state index in [0.29, 0.717) is 0 Å². The average molecular weight is 247 g/mol. The van der Waals surface area contributed by atoms with E-state index >= 15 is 0 Å². The summed E-state index contributed by atoms with van der Waals surface area (Å²) in [6.07, 6.45) is 5.41. The molecule has 0 spiro atoms. The zero-order chi connectivity index (χ0) is 13.2. The van der Waals surface area contributed by atoms with Crippen molar-refractivity contribution < 1.29 is 4.79 Å². The number of hydrogen-bond donors (Lipinski definition) is 0. The standard InChI is InChI=1S/C17H13NO/c1-2-17(19)18-15-9-5-3-7-13(15)11-12-14-8-4-6-10-16(14)18/h2-12H,1H2. The van der Waals surface area contributed by atoms with Gasteiger partial charge in [0, 0.05) is 0 Å². The summed E-state index contributed by atoms with van der Waals surface area (Å²) in [5, 5.41) is 0. The van der Waals surface area contributed by atoms with Crippen LogP contribution in [0.4, 0.5) is 11.4 Å². The van der Waals surface area contributed by atoms with Crippen molar-refractivity contribution in [3.8, 4) is 0 Å². The van der Waals surface area contributed by atoms with Crippen LogP contribution >= 0.6 is 0 Å². The Kier molecular flexibility index (Phi) is 2.76. The second-order valence-corrected chi connectivity index (χ2v) is 4.33. The lowest BCUT2D eigenvalue weighted by atomic mass is 10.1. The Morgan fingerprint density at radius 1 is 0.895 bits per heavy atom. The average Bonchev–Trinajstić information content (AvgIpc) is 2.63. The molecule has 0 fully saturated rings. The zero-order valence-electron chi connectivity index (χ0n) is 10.4. The van der Waals surface area contributed by atoms with Crippen molar-refractivity contribution in [2.75, 3.05) is 4.90 Å². The Morgan fingerprint density at radius 2 is 1.37 bits per heavy atom. The molecule has 1 heterocycles. The van der Waals surface area contributed by atoms with Crippen LogP contribution in [-0.4, -0.2) is 5.91 Å². The monoisotopic (exact) mass is 247 g/mol. The molecule has 1 amide bonds. The van der Waals surface area contributed by atoms with Crippen molar-refractivity contribution in [2.45, 2.75) is 0 Å². The summed E-state index contributed by atoms with van der Waals surface area (Å²) in [4.78, 5) is 13.9. The smallest absolute Gasteiger partial charge is 0.254 e. The number of hydrogen-bond acceptors (Lipinski definition) is 1. The maximum Gasteiger partial charge on any atom is 0.254 e. The van der Waals surface area contributed by atoms with Gasteiger partial charge in [-0.25, -0.2) is 0 Å². The highest BCUT2D eigenvalue weighted by atomic mass is 16.2. The number of anilines is 2. The minimum absolute atomic E-state index is 0.122. The second-order valence-electron chi connectivity index (χ2n) is 4.33. The number of rotatable bonds is 1. The summed E-state index contributed by atoms with van der Waals surface area (Å²) in [6, 6.07) is 15.7. The molecule has 1 aliphatic heterocycles. The lowest BCUT2D eigenvalue weighted by Crippen LogP contribution is -2.24. The predicted molar refractivity (Wildman–Crippen MR) is 79.2 cm³/mol. The molecule has 0 atom stereocenters. The Labute approximate surface area is 112 Å². The number of fused-ring (bicyclic) bond motifs is 2. The van der Waals surface area contributed by atoms with E-state index in [2.05, 4.69) is 6.58 Å². The van der Waals surface area contributed by atoms with E-state index in [1.165, 1.54) is 6.08 Å². The first kappa shape index (κ1) is 11.5. The molecule has 0 unspecified atom stereocenters. The highest BCUT2D eigenvalue weighted by Crippen LogP contribution is 2.36. The van der Waals surface area contributed by atoms with Crippen LogP contribution < -0.4 is 4.90 Å². The Bertz CT molecular complexity index is 636. The third-order valence-corrected chi connectivity index (χ3v) is 3.19. The van der Waals surface area contributed by atoms with Crippen LogP contribution in [0.15, 0.2) is 61.2 Å². The maximum absolute atomic E-state index is 12.2. The lowest BCUT2D eigenvalue weighted by molar-refractivity contribution is -0.113. The first-order valence-electron chi connectivity index (χ1n) is 6.14. The van der Waals surface area contributed by atoms with Gasteiger partial charge in [-0.05, 0) is 29.3 Å². The normalized spacial score (nSPS) is 12.3. The van der Waals surface area contributed by atoms with Crippen molar-refractivity contribution in [3.05, 3.63) is 72.3 Å². The molecule has 0 saturated heterocycles. The van der Waals surface area contributed by atoms with Crippen LogP contribution in [0.25, 0.3) is 12.2 Å². The molecule has 3 rings (SSSR count). The molecular formula is C17H13NO. The fourth-order valence-corrected chi connectivity index (χ4v) is 2.30. The molecular weight excluding hydrogens is 234 g/mol. The summed E-state index contributed by atoms with van der Waals surface area (Å²) in [5.41, 5.74) is 3.81. The van der Waals surface area contributed by atoms with E-state index in [4.69, 9.17) is 0 Å². The fraction of sp³-hybridized carbons (Fsp3) is 0. The number of nitrogens with zero attached hydrogens (tertiary/aromatic N) is 1. The van der Waals surface area contributed by atoms with Gasteiger partial charge in [0.2, 0.25) is 0 Å². The molecule has 0 bridgehead atoms. The maximum atomic E-state index is 12.2. The Balaban J connectivity index is 2.30. The van der Waals surface area contributed by atoms with Gasteiger partial charge in [0.05, 0.1) is 11.4 Å². The highest BCUT2D eigenvalue weighted by Gasteiger charge is 2.21. The van der Waals surface area contributed by atoms with E-state index in [-0.39, 0.29) is 5.91 Å². The SMILES string of the molecule is C=CC(=O)N1c2ccccc2C=Cc2ccccc21. The molecule has 0 aliphatic carbocycles. The number of para-hydroxylation sites is 2. The second kappa shape index (κ2) is 4.58. The molecule has 19 heavy (non-hydrogen) atoms. The first-order valence-corrected chi connectivity index (χ1v) is 6.14. The lowest BCUT2D eigenvalue weighted by Gasteiger charge is -2.23. The van der Waals surface area contributed by atoms with E-state index in [1.54, 1.807) is 4.90 Å². The number of benzene rings is 2. The van der Waals surface area contributed by atoms with Gasteiger partial charge < -0.3 is 0 Å². The molecule has 1 aliphatic rings. The van der Waals surface area contributed by atoms with Crippen LogP contribution in [0.5, 0.6) is 0 Å². The topological polar surface area (TPSA) is 20.3 Å². The van der Waals surface area contributed by atoms with E-state index in [1.807, 2.05) is 60.7 Å². The van der Waals surface area contributed by atoms with Gasteiger partial charge in [0.15, 0.2) is 0 Å². The molecule has 0 saturated carbocycles. The molecule has 2 heteroatoms. The predicted octanol–water partition coefficient (Wildman–Crippen LogP) is 4.02. The van der Waals surface area contributed by atoms with Crippen molar-refractivity contribution in [3.63, 3.8) is 0 Å². The van der Waals surface area contributed by atoms with E-state index in [0.717, 1.165) is 22.5 Å². The molecule has 0 radical (unpaired) electrons. The van der Waals surface area contributed by atoms with Crippen molar-refractivity contribution in [2.24, 2.45) is 0 Å².